The number of piperazine rings is 1. The summed E-state index contributed by atoms with van der Waals surface area (Å²) < 4.78 is 5.91. The molecule has 0 radical (unpaired) electrons. The summed E-state index contributed by atoms with van der Waals surface area (Å²) in [5.74, 6) is 0.780. The van der Waals surface area contributed by atoms with Crippen LogP contribution in [0.15, 0.2) is 0 Å². The lowest BCUT2D eigenvalue weighted by atomic mass is 10.2. The lowest BCUT2D eigenvalue weighted by Crippen LogP contribution is -2.44. The molecule has 1 aliphatic rings. The molecule has 0 spiro atoms. The van der Waals surface area contributed by atoms with Crippen LogP contribution in [0.25, 0.3) is 0 Å². The van der Waals surface area contributed by atoms with E-state index in [1.165, 1.54) is 11.3 Å². The Labute approximate surface area is 130 Å². The van der Waals surface area contributed by atoms with Gasteiger partial charge in [0, 0.05) is 32.6 Å². The highest BCUT2D eigenvalue weighted by Gasteiger charge is 2.27. The van der Waals surface area contributed by atoms with Gasteiger partial charge in [-0.3, -0.25) is 4.79 Å². The molecule has 6 heteroatoms. The van der Waals surface area contributed by atoms with Crippen molar-refractivity contribution in [2.75, 3.05) is 43.9 Å². The standard InChI is InChI=1S/C15H25N3O2S/c1-5-11(19)14-12(16)13(20-10(2)3)15(21-14)18-8-6-17(4)7-9-18/h10H,5-9,16H2,1-4H3. The molecule has 1 saturated heterocycles. The van der Waals surface area contributed by atoms with Crippen molar-refractivity contribution in [3.8, 4) is 5.75 Å². The van der Waals surface area contributed by atoms with Crippen LogP contribution in [0.1, 0.15) is 36.9 Å². The summed E-state index contributed by atoms with van der Waals surface area (Å²) in [4.78, 5) is 17.3. The van der Waals surface area contributed by atoms with Crippen LogP contribution >= 0.6 is 11.3 Å². The van der Waals surface area contributed by atoms with Crippen molar-refractivity contribution in [1.29, 1.82) is 0 Å². The van der Waals surface area contributed by atoms with Gasteiger partial charge >= 0.3 is 0 Å². The third kappa shape index (κ3) is 3.49. The molecule has 1 fully saturated rings. The van der Waals surface area contributed by atoms with Crippen LogP contribution in [-0.2, 0) is 0 Å². The number of rotatable bonds is 5. The van der Waals surface area contributed by atoms with Gasteiger partial charge in [-0.25, -0.2) is 0 Å². The predicted molar refractivity (Wildman–Crippen MR) is 88.8 cm³/mol. The Morgan fingerprint density at radius 1 is 1.33 bits per heavy atom. The number of nitrogens with zero attached hydrogens (tertiary/aromatic N) is 2. The fourth-order valence-electron chi connectivity index (χ4n) is 2.35. The van der Waals surface area contributed by atoms with Crippen molar-refractivity contribution < 1.29 is 9.53 Å². The Hall–Kier alpha value is -1.27. The fraction of sp³-hybridized carbons (Fsp3) is 0.667. The van der Waals surface area contributed by atoms with Gasteiger partial charge in [0.15, 0.2) is 11.5 Å². The SMILES string of the molecule is CCC(=O)c1sc(N2CCN(C)CC2)c(OC(C)C)c1N. The zero-order valence-corrected chi connectivity index (χ0v) is 14.1. The number of anilines is 2. The normalized spacial score (nSPS) is 16.5. The van der Waals surface area contributed by atoms with E-state index >= 15 is 0 Å². The van der Waals surface area contributed by atoms with E-state index < -0.39 is 0 Å². The van der Waals surface area contributed by atoms with Gasteiger partial charge in [0.2, 0.25) is 0 Å². The maximum atomic E-state index is 12.1. The quantitative estimate of drug-likeness (QED) is 0.847. The van der Waals surface area contributed by atoms with Crippen LogP contribution in [0.4, 0.5) is 10.7 Å². The van der Waals surface area contributed by atoms with Gasteiger partial charge < -0.3 is 20.3 Å². The largest absolute Gasteiger partial charge is 0.486 e. The molecule has 0 aromatic carbocycles. The highest BCUT2D eigenvalue weighted by Crippen LogP contribution is 2.46. The number of hydrogen-bond donors (Lipinski definition) is 1. The smallest absolute Gasteiger partial charge is 0.177 e. The molecule has 1 aromatic rings. The molecule has 0 saturated carbocycles. The monoisotopic (exact) mass is 311 g/mol. The number of nitrogen functional groups attached to an aromatic ring is 1. The van der Waals surface area contributed by atoms with Crippen LogP contribution in [-0.4, -0.2) is 50.0 Å². The van der Waals surface area contributed by atoms with E-state index in [2.05, 4.69) is 16.8 Å². The summed E-state index contributed by atoms with van der Waals surface area (Å²) >= 11 is 1.48. The number of Topliss-reactive ketones (excluding diaryl/α,β-unsaturated/α-hetero) is 1. The third-order valence-corrected chi connectivity index (χ3v) is 4.89. The van der Waals surface area contributed by atoms with Gasteiger partial charge in [0.05, 0.1) is 16.7 Å². The topological polar surface area (TPSA) is 58.8 Å². The van der Waals surface area contributed by atoms with Gasteiger partial charge in [0.25, 0.3) is 0 Å². The molecule has 0 atom stereocenters. The minimum atomic E-state index is 0.0395. The van der Waals surface area contributed by atoms with Crippen molar-refractivity contribution >= 4 is 27.8 Å². The van der Waals surface area contributed by atoms with E-state index in [1.54, 1.807) is 0 Å². The van der Waals surface area contributed by atoms with Crippen LogP contribution in [0.3, 0.4) is 0 Å². The molecule has 2 heterocycles. The average Bonchev–Trinajstić information content (AvgIpc) is 2.76. The van der Waals surface area contributed by atoms with Crippen molar-refractivity contribution in [3.05, 3.63) is 4.88 Å². The summed E-state index contributed by atoms with van der Waals surface area (Å²) in [5, 5.41) is 1.01. The number of nitrogens with two attached hydrogens (primary N) is 1. The van der Waals surface area contributed by atoms with Gasteiger partial charge in [-0.15, -0.1) is 11.3 Å². The van der Waals surface area contributed by atoms with Crippen molar-refractivity contribution in [2.45, 2.75) is 33.3 Å². The number of carbonyl (C=O) groups excluding carboxylic acids is 1. The summed E-state index contributed by atoms with van der Waals surface area (Å²) in [6, 6.07) is 0. The van der Waals surface area contributed by atoms with Gasteiger partial charge in [-0.2, -0.15) is 0 Å². The molecule has 118 valence electrons. The number of ketones is 1. The Bertz CT molecular complexity index is 505. The Balaban J connectivity index is 2.35. The summed E-state index contributed by atoms with van der Waals surface area (Å²) in [6.07, 6.45) is 0.506. The molecule has 1 aliphatic heterocycles. The summed E-state index contributed by atoms with van der Waals surface area (Å²) in [7, 11) is 2.12. The first-order valence-corrected chi connectivity index (χ1v) is 8.31. The van der Waals surface area contributed by atoms with E-state index in [-0.39, 0.29) is 11.9 Å². The number of ether oxygens (including phenoxy) is 1. The second-order valence-corrected chi connectivity index (χ2v) is 6.71. The number of carbonyl (C=O) groups is 1. The summed E-state index contributed by atoms with van der Waals surface area (Å²) in [5.41, 5.74) is 6.70. The second kappa shape index (κ2) is 6.66. The van der Waals surface area contributed by atoms with E-state index in [0.717, 1.165) is 31.2 Å². The molecule has 2 N–H and O–H groups in total. The Morgan fingerprint density at radius 3 is 2.48 bits per heavy atom. The van der Waals surface area contributed by atoms with Gasteiger partial charge in [0.1, 0.15) is 5.00 Å². The van der Waals surface area contributed by atoms with Gasteiger partial charge in [-0.1, -0.05) is 6.92 Å². The molecular weight excluding hydrogens is 286 g/mol. The molecule has 0 bridgehead atoms. The molecule has 1 aromatic heterocycles. The van der Waals surface area contributed by atoms with Crippen LogP contribution in [0.5, 0.6) is 5.75 Å². The highest BCUT2D eigenvalue weighted by atomic mass is 32.1. The zero-order chi connectivity index (χ0) is 15.6. The number of thiophene rings is 1. The van der Waals surface area contributed by atoms with Crippen molar-refractivity contribution in [3.63, 3.8) is 0 Å². The molecule has 2 rings (SSSR count). The third-order valence-electron chi connectivity index (χ3n) is 3.60. The van der Waals surface area contributed by atoms with E-state index in [4.69, 9.17) is 10.5 Å². The van der Waals surface area contributed by atoms with Crippen LogP contribution in [0, 0.1) is 0 Å². The number of hydrogen-bond acceptors (Lipinski definition) is 6. The van der Waals surface area contributed by atoms with Crippen LogP contribution < -0.4 is 15.4 Å². The molecule has 0 unspecified atom stereocenters. The first-order valence-electron chi connectivity index (χ1n) is 7.49. The van der Waals surface area contributed by atoms with Gasteiger partial charge in [-0.05, 0) is 20.9 Å². The Morgan fingerprint density at radius 2 is 1.95 bits per heavy atom. The predicted octanol–water partition coefficient (Wildman–Crippen LogP) is 2.46. The molecule has 0 aliphatic carbocycles. The van der Waals surface area contributed by atoms with E-state index in [9.17, 15) is 4.79 Å². The lowest BCUT2D eigenvalue weighted by molar-refractivity contribution is 0.0992. The van der Waals surface area contributed by atoms with E-state index in [0.29, 0.717) is 22.7 Å². The maximum absolute atomic E-state index is 12.1. The second-order valence-electron chi connectivity index (χ2n) is 5.71. The number of likely N-dealkylation sites (N-methyl/N-ethyl adjacent to an activating group) is 1. The van der Waals surface area contributed by atoms with E-state index in [1.807, 2.05) is 20.8 Å². The minimum Gasteiger partial charge on any atom is -0.486 e. The Kier molecular flexibility index (Phi) is 5.11. The average molecular weight is 311 g/mol. The lowest BCUT2D eigenvalue weighted by Gasteiger charge is -2.33. The van der Waals surface area contributed by atoms with Crippen LogP contribution in [0.2, 0.25) is 0 Å². The fourth-order valence-corrected chi connectivity index (χ4v) is 3.57. The molecule has 5 nitrogen and oxygen atoms in total. The summed E-state index contributed by atoms with van der Waals surface area (Å²) in [6.45, 7) is 9.71. The highest BCUT2D eigenvalue weighted by molar-refractivity contribution is 7.19. The van der Waals surface area contributed by atoms with Crippen molar-refractivity contribution in [1.82, 2.24) is 4.90 Å². The van der Waals surface area contributed by atoms with Crippen molar-refractivity contribution in [2.24, 2.45) is 0 Å². The molecule has 0 amide bonds. The first-order chi connectivity index (χ1) is 9.93. The minimum absolute atomic E-state index is 0.0395. The molecular formula is C15H25N3O2S. The molecule has 21 heavy (non-hydrogen) atoms. The first kappa shape index (κ1) is 16.1. The maximum Gasteiger partial charge on any atom is 0.177 e. The zero-order valence-electron chi connectivity index (χ0n) is 13.3.